The molecule has 0 aliphatic carbocycles. The van der Waals surface area contributed by atoms with Crippen molar-refractivity contribution in [2.75, 3.05) is 34.3 Å². The van der Waals surface area contributed by atoms with Crippen LogP contribution in [-0.4, -0.2) is 91.9 Å². The normalized spacial score (nSPS) is 28.6. The summed E-state index contributed by atoms with van der Waals surface area (Å²) in [5, 5.41) is 7.00. The number of alkyl halides is 1. The number of aliphatic hydroxyl groups excluding tert-OH is 1. The van der Waals surface area contributed by atoms with Crippen molar-refractivity contribution in [1.82, 2.24) is 9.80 Å². The van der Waals surface area contributed by atoms with E-state index in [0.717, 1.165) is 13.7 Å². The summed E-state index contributed by atoms with van der Waals surface area (Å²) in [6.07, 6.45) is 3.45. The van der Waals surface area contributed by atoms with Crippen LogP contribution >= 0.6 is 0 Å². The van der Waals surface area contributed by atoms with E-state index in [9.17, 15) is 4.39 Å². The molecule has 2 aliphatic rings. The Morgan fingerprint density at radius 1 is 0.815 bits per heavy atom. The van der Waals surface area contributed by atoms with Crippen LogP contribution in [0.3, 0.4) is 0 Å². The van der Waals surface area contributed by atoms with Crippen LogP contribution in [0.2, 0.25) is 0 Å². The van der Waals surface area contributed by atoms with E-state index in [1.165, 1.54) is 19.4 Å². The molecule has 0 saturated carbocycles. The van der Waals surface area contributed by atoms with Gasteiger partial charge in [-0.1, -0.05) is 0 Å². The second-order valence-corrected chi connectivity index (χ2v) is 8.25. The molecule has 5 atom stereocenters. The molecular formula is C21H45FN2O3. The minimum Gasteiger partial charge on any atom is -0.400 e. The Hall–Kier alpha value is -0.270. The topological polar surface area (TPSA) is 45.2 Å². The molecule has 2 rings (SSSR count). The third-order valence-electron chi connectivity index (χ3n) is 5.21. The molecule has 2 aliphatic heterocycles. The highest BCUT2D eigenvalue weighted by Crippen LogP contribution is 2.24. The van der Waals surface area contributed by atoms with Gasteiger partial charge in [0.2, 0.25) is 0 Å². The van der Waals surface area contributed by atoms with Crippen LogP contribution in [0.15, 0.2) is 0 Å². The zero-order valence-corrected chi connectivity index (χ0v) is 19.1. The highest BCUT2D eigenvalue weighted by atomic mass is 19.1. The van der Waals surface area contributed by atoms with Crippen LogP contribution in [0.4, 0.5) is 4.39 Å². The molecule has 0 aromatic carbocycles. The van der Waals surface area contributed by atoms with E-state index in [4.69, 9.17) is 14.6 Å². The summed E-state index contributed by atoms with van der Waals surface area (Å²) in [7, 11) is 5.16. The molecule has 1 N–H and O–H groups in total. The van der Waals surface area contributed by atoms with Gasteiger partial charge in [-0.05, 0) is 81.4 Å². The first-order valence-electron chi connectivity index (χ1n) is 10.4. The molecule has 0 aromatic heterocycles. The summed E-state index contributed by atoms with van der Waals surface area (Å²) in [6, 6.07) is 0.592. The lowest BCUT2D eigenvalue weighted by molar-refractivity contribution is -0.0339. The number of likely N-dealkylation sites (tertiary alicyclic amines) is 2. The van der Waals surface area contributed by atoms with Gasteiger partial charge in [0, 0.05) is 19.7 Å². The Kier molecular flexibility index (Phi) is 13.7. The largest absolute Gasteiger partial charge is 0.400 e. The lowest BCUT2D eigenvalue weighted by Gasteiger charge is -2.28. The predicted octanol–water partition coefficient (Wildman–Crippen LogP) is 3.34. The monoisotopic (exact) mass is 392 g/mol. The first-order chi connectivity index (χ1) is 12.6. The van der Waals surface area contributed by atoms with Gasteiger partial charge in [-0.15, -0.1) is 0 Å². The van der Waals surface area contributed by atoms with Gasteiger partial charge in [0.15, 0.2) is 0 Å². The summed E-state index contributed by atoms with van der Waals surface area (Å²) in [6.45, 7) is 14.4. The number of likely N-dealkylation sites (N-methyl/N-ethyl adjacent to an activating group) is 2. The Balaban J connectivity index is 0.000000460. The fourth-order valence-electron chi connectivity index (χ4n) is 4.13. The summed E-state index contributed by atoms with van der Waals surface area (Å²) in [5.41, 5.74) is 0. The van der Waals surface area contributed by atoms with Crippen molar-refractivity contribution in [2.45, 2.75) is 103 Å². The van der Waals surface area contributed by atoms with Crippen LogP contribution in [-0.2, 0) is 9.47 Å². The number of halogens is 1. The van der Waals surface area contributed by atoms with Gasteiger partial charge in [0.25, 0.3) is 0 Å². The van der Waals surface area contributed by atoms with Crippen LogP contribution in [0.25, 0.3) is 0 Å². The SMILES string of the molecule is CC(C)O[C@@H](C)C1C(F)CCN1C.CC(C)O[C@@H](C)C1CCCN1C.CO. The second kappa shape index (κ2) is 13.8. The van der Waals surface area contributed by atoms with E-state index < -0.39 is 6.17 Å². The number of rotatable bonds is 6. The van der Waals surface area contributed by atoms with E-state index in [1.807, 2.05) is 27.8 Å². The van der Waals surface area contributed by atoms with Crippen LogP contribution in [0.1, 0.15) is 60.8 Å². The molecule has 3 unspecified atom stereocenters. The zero-order valence-electron chi connectivity index (χ0n) is 19.1. The minimum atomic E-state index is -0.723. The number of hydrogen-bond donors (Lipinski definition) is 1. The van der Waals surface area contributed by atoms with E-state index in [2.05, 4.69) is 37.6 Å². The van der Waals surface area contributed by atoms with E-state index >= 15 is 0 Å². The maximum atomic E-state index is 13.4. The summed E-state index contributed by atoms with van der Waals surface area (Å²) < 4.78 is 24.8. The molecule has 0 bridgehead atoms. The molecule has 5 nitrogen and oxygen atoms in total. The predicted molar refractivity (Wildman–Crippen MR) is 111 cm³/mol. The molecule has 2 fully saturated rings. The highest BCUT2D eigenvalue weighted by molar-refractivity contribution is 4.89. The Morgan fingerprint density at radius 3 is 1.70 bits per heavy atom. The molecular weight excluding hydrogens is 347 g/mol. The van der Waals surface area contributed by atoms with Crippen molar-refractivity contribution < 1.29 is 19.0 Å². The van der Waals surface area contributed by atoms with Crippen molar-refractivity contribution in [3.63, 3.8) is 0 Å². The molecule has 27 heavy (non-hydrogen) atoms. The highest BCUT2D eigenvalue weighted by Gasteiger charge is 2.36. The molecule has 0 radical (unpaired) electrons. The second-order valence-electron chi connectivity index (χ2n) is 8.25. The van der Waals surface area contributed by atoms with Crippen LogP contribution in [0, 0.1) is 0 Å². The van der Waals surface area contributed by atoms with Crippen molar-refractivity contribution in [2.24, 2.45) is 0 Å². The standard InChI is InChI=1S/C10H20FNO.C10H21NO.CH4O/c1-7(2)13-8(3)10-9(11)5-6-12(10)4;1-8(2)12-9(3)10-6-5-7-11(10)4;1-2/h7-10H,5-6H2,1-4H3;8-10H,5-7H2,1-4H3;2H,1H3/t8-,9?,10?;9-,10?;/m00./s1. The van der Waals surface area contributed by atoms with Crippen LogP contribution < -0.4 is 0 Å². The van der Waals surface area contributed by atoms with Crippen molar-refractivity contribution in [3.8, 4) is 0 Å². The van der Waals surface area contributed by atoms with E-state index in [-0.39, 0.29) is 18.2 Å². The van der Waals surface area contributed by atoms with Crippen molar-refractivity contribution in [3.05, 3.63) is 0 Å². The molecule has 0 amide bonds. The fraction of sp³-hybridized carbons (Fsp3) is 1.00. The van der Waals surface area contributed by atoms with Gasteiger partial charge in [-0.3, -0.25) is 4.90 Å². The Bertz CT molecular complexity index is 361. The number of ether oxygens (including phenoxy) is 2. The molecule has 0 spiro atoms. The van der Waals surface area contributed by atoms with Crippen molar-refractivity contribution >= 4 is 0 Å². The molecule has 164 valence electrons. The van der Waals surface area contributed by atoms with Crippen LogP contribution in [0.5, 0.6) is 0 Å². The summed E-state index contributed by atoms with van der Waals surface area (Å²) >= 11 is 0. The van der Waals surface area contributed by atoms with Gasteiger partial charge in [-0.2, -0.15) is 0 Å². The Morgan fingerprint density at radius 2 is 1.33 bits per heavy atom. The van der Waals surface area contributed by atoms with E-state index in [1.54, 1.807) is 0 Å². The quantitative estimate of drug-likeness (QED) is 0.751. The van der Waals surface area contributed by atoms with Gasteiger partial charge >= 0.3 is 0 Å². The number of nitrogens with zero attached hydrogens (tertiary/aromatic N) is 2. The Labute approximate surface area is 167 Å². The third kappa shape index (κ3) is 9.66. The smallest absolute Gasteiger partial charge is 0.119 e. The van der Waals surface area contributed by atoms with Gasteiger partial charge in [0.1, 0.15) is 6.17 Å². The molecule has 2 heterocycles. The van der Waals surface area contributed by atoms with Gasteiger partial charge in [0.05, 0.1) is 30.5 Å². The third-order valence-corrected chi connectivity index (χ3v) is 5.21. The fourth-order valence-corrected chi connectivity index (χ4v) is 4.13. The maximum absolute atomic E-state index is 13.4. The lowest BCUT2D eigenvalue weighted by atomic mass is 10.1. The van der Waals surface area contributed by atoms with E-state index in [0.29, 0.717) is 24.7 Å². The molecule has 6 heteroatoms. The molecule has 2 saturated heterocycles. The average molecular weight is 393 g/mol. The molecule has 0 aromatic rings. The zero-order chi connectivity index (χ0) is 21.1. The van der Waals surface area contributed by atoms with Gasteiger partial charge in [-0.25, -0.2) is 4.39 Å². The first-order valence-corrected chi connectivity index (χ1v) is 10.4. The first kappa shape index (κ1) is 26.7. The number of aliphatic hydroxyl groups is 1. The lowest BCUT2D eigenvalue weighted by Crippen LogP contribution is -2.42. The van der Waals surface area contributed by atoms with Gasteiger partial charge < -0.3 is 19.5 Å². The summed E-state index contributed by atoms with van der Waals surface area (Å²) in [5.74, 6) is 0. The minimum absolute atomic E-state index is 0.0116. The maximum Gasteiger partial charge on any atom is 0.119 e. The summed E-state index contributed by atoms with van der Waals surface area (Å²) in [4.78, 5) is 4.46. The van der Waals surface area contributed by atoms with Crippen molar-refractivity contribution in [1.29, 1.82) is 0 Å². The number of hydrogen-bond acceptors (Lipinski definition) is 5. The average Bonchev–Trinajstić information content (AvgIpc) is 3.14.